The average Bonchev–Trinajstić information content (AvgIpc) is 2.35. The molecule has 0 radical (unpaired) electrons. The van der Waals surface area contributed by atoms with Crippen molar-refractivity contribution in [1.29, 1.82) is 0 Å². The Bertz CT molecular complexity index is 310. The Hall–Kier alpha value is -0.320. The van der Waals surface area contributed by atoms with Gasteiger partial charge in [-0.15, -0.1) is 12.4 Å². The predicted molar refractivity (Wildman–Crippen MR) is 89.5 cm³/mol. The van der Waals surface area contributed by atoms with Crippen LogP contribution in [-0.4, -0.2) is 30.2 Å². The summed E-state index contributed by atoms with van der Waals surface area (Å²) in [5.74, 6) is 0.0327. The molecule has 0 spiro atoms. The van der Waals surface area contributed by atoms with Crippen molar-refractivity contribution in [1.82, 2.24) is 5.32 Å². The first-order valence-corrected chi connectivity index (χ1v) is 7.91. The number of hydrogen-bond acceptors (Lipinski definition) is 3. The van der Waals surface area contributed by atoms with Gasteiger partial charge in [0.1, 0.15) is 0 Å². The highest BCUT2D eigenvalue weighted by atomic mass is 35.5. The minimum absolute atomic E-state index is 0. The minimum atomic E-state index is -0.473. The van der Waals surface area contributed by atoms with Crippen LogP contribution in [0.5, 0.6) is 0 Å². The van der Waals surface area contributed by atoms with Gasteiger partial charge in [0.15, 0.2) is 0 Å². The van der Waals surface area contributed by atoms with Gasteiger partial charge in [0.25, 0.3) is 0 Å². The number of halogens is 1. The Kier molecular flexibility index (Phi) is 8.83. The van der Waals surface area contributed by atoms with Crippen LogP contribution < -0.4 is 11.1 Å². The number of nitrogens with two attached hydrogens (primary N) is 1. The van der Waals surface area contributed by atoms with Crippen LogP contribution in [0.2, 0.25) is 0 Å². The fourth-order valence-electron chi connectivity index (χ4n) is 3.17. The Morgan fingerprint density at radius 3 is 2.33 bits per heavy atom. The van der Waals surface area contributed by atoms with Crippen LogP contribution in [0, 0.1) is 10.8 Å². The maximum Gasteiger partial charge on any atom is 0.220 e. The van der Waals surface area contributed by atoms with Gasteiger partial charge in [-0.3, -0.25) is 4.79 Å². The van der Waals surface area contributed by atoms with E-state index in [4.69, 9.17) is 5.73 Å². The van der Waals surface area contributed by atoms with E-state index in [1.54, 1.807) is 0 Å². The number of rotatable bonds is 6. The lowest BCUT2D eigenvalue weighted by Gasteiger charge is -2.35. The third-order valence-electron chi connectivity index (χ3n) is 4.27. The van der Waals surface area contributed by atoms with Crippen LogP contribution in [0.3, 0.4) is 0 Å². The van der Waals surface area contributed by atoms with Crippen molar-refractivity contribution in [3.05, 3.63) is 0 Å². The first kappa shape index (κ1) is 20.7. The summed E-state index contributed by atoms with van der Waals surface area (Å²) in [6.45, 7) is 7.19. The van der Waals surface area contributed by atoms with Gasteiger partial charge in [-0.1, -0.05) is 40.0 Å². The lowest BCUT2D eigenvalue weighted by Crippen LogP contribution is -2.41. The molecule has 0 bridgehead atoms. The number of nitrogens with one attached hydrogen (secondary N) is 1. The molecule has 1 aliphatic rings. The number of amides is 1. The lowest BCUT2D eigenvalue weighted by atomic mass is 9.71. The van der Waals surface area contributed by atoms with E-state index in [0.717, 1.165) is 12.8 Å². The zero-order chi connectivity index (χ0) is 15.2. The highest BCUT2D eigenvalue weighted by molar-refractivity contribution is 5.85. The second-order valence-electron chi connectivity index (χ2n) is 7.66. The molecular formula is C16H33ClN2O2. The monoisotopic (exact) mass is 320 g/mol. The maximum atomic E-state index is 12.1. The summed E-state index contributed by atoms with van der Waals surface area (Å²) in [6, 6.07) is 0. The van der Waals surface area contributed by atoms with Gasteiger partial charge in [-0.2, -0.15) is 0 Å². The summed E-state index contributed by atoms with van der Waals surface area (Å²) in [5, 5.41) is 12.8. The molecule has 5 heteroatoms. The number of aliphatic hydroxyl groups is 1. The molecule has 1 amide bonds. The van der Waals surface area contributed by atoms with Crippen LogP contribution >= 0.6 is 12.4 Å². The lowest BCUT2D eigenvalue weighted by molar-refractivity contribution is -0.124. The molecule has 0 heterocycles. The van der Waals surface area contributed by atoms with Crippen molar-refractivity contribution in [2.24, 2.45) is 16.6 Å². The van der Waals surface area contributed by atoms with E-state index >= 15 is 0 Å². The van der Waals surface area contributed by atoms with Crippen LogP contribution in [0.15, 0.2) is 0 Å². The number of carbonyl (C=O) groups excluding carboxylic acids is 1. The molecule has 1 rings (SSSR count). The van der Waals surface area contributed by atoms with Crippen molar-refractivity contribution >= 4 is 18.3 Å². The van der Waals surface area contributed by atoms with Crippen molar-refractivity contribution in [3.8, 4) is 0 Å². The summed E-state index contributed by atoms with van der Waals surface area (Å²) in [4.78, 5) is 12.1. The van der Waals surface area contributed by atoms with Crippen molar-refractivity contribution in [3.63, 3.8) is 0 Å². The summed E-state index contributed by atoms with van der Waals surface area (Å²) in [6.07, 6.45) is 6.45. The van der Waals surface area contributed by atoms with E-state index in [9.17, 15) is 9.90 Å². The first-order valence-electron chi connectivity index (χ1n) is 7.91. The molecular weight excluding hydrogens is 288 g/mol. The second-order valence-corrected chi connectivity index (χ2v) is 7.66. The molecule has 1 unspecified atom stereocenters. The molecule has 0 aromatic carbocycles. The zero-order valence-electron chi connectivity index (χ0n) is 13.8. The van der Waals surface area contributed by atoms with Crippen molar-refractivity contribution < 1.29 is 9.90 Å². The Morgan fingerprint density at radius 1 is 1.29 bits per heavy atom. The normalized spacial score (nSPS) is 19.5. The third kappa shape index (κ3) is 8.03. The van der Waals surface area contributed by atoms with Gasteiger partial charge in [-0.05, 0) is 36.6 Å². The van der Waals surface area contributed by atoms with Crippen molar-refractivity contribution in [2.45, 2.75) is 71.8 Å². The largest absolute Gasteiger partial charge is 0.391 e. The van der Waals surface area contributed by atoms with E-state index in [1.807, 2.05) is 0 Å². The maximum absolute atomic E-state index is 12.1. The van der Waals surface area contributed by atoms with Crippen LogP contribution in [0.4, 0.5) is 0 Å². The average molecular weight is 321 g/mol. The van der Waals surface area contributed by atoms with E-state index in [-0.39, 0.29) is 29.1 Å². The van der Waals surface area contributed by atoms with Crippen LogP contribution in [0.1, 0.15) is 65.7 Å². The van der Waals surface area contributed by atoms with Gasteiger partial charge in [0, 0.05) is 13.0 Å². The molecule has 21 heavy (non-hydrogen) atoms. The van der Waals surface area contributed by atoms with Crippen molar-refractivity contribution in [2.75, 3.05) is 13.1 Å². The molecule has 0 aliphatic heterocycles. The highest BCUT2D eigenvalue weighted by Crippen LogP contribution is 2.38. The number of carbonyl (C=O) groups is 1. The van der Waals surface area contributed by atoms with Gasteiger partial charge >= 0.3 is 0 Å². The standard InChI is InChI=1S/C16H32N2O2.ClH/c1-15(2,3)9-13(19)11-18-14(20)10-16(12-17)7-5-4-6-8-16;/h13,19H,4-12,17H2,1-3H3,(H,18,20);1H. The van der Waals surface area contributed by atoms with Gasteiger partial charge in [-0.25, -0.2) is 0 Å². The molecule has 4 nitrogen and oxygen atoms in total. The van der Waals surface area contributed by atoms with Crippen LogP contribution in [-0.2, 0) is 4.79 Å². The molecule has 4 N–H and O–H groups in total. The zero-order valence-corrected chi connectivity index (χ0v) is 14.6. The SMILES string of the molecule is CC(C)(C)CC(O)CNC(=O)CC1(CN)CCCCC1.Cl. The number of hydrogen-bond donors (Lipinski definition) is 3. The summed E-state index contributed by atoms with van der Waals surface area (Å²) >= 11 is 0. The fraction of sp³-hybridized carbons (Fsp3) is 0.938. The highest BCUT2D eigenvalue weighted by Gasteiger charge is 2.33. The molecule has 0 aromatic heterocycles. The van der Waals surface area contributed by atoms with E-state index in [2.05, 4.69) is 26.1 Å². The Labute approximate surface area is 135 Å². The smallest absolute Gasteiger partial charge is 0.220 e. The molecule has 1 atom stereocenters. The van der Waals surface area contributed by atoms with Gasteiger partial charge in [0.2, 0.25) is 5.91 Å². The quantitative estimate of drug-likeness (QED) is 0.704. The first-order chi connectivity index (χ1) is 9.26. The van der Waals surface area contributed by atoms with Gasteiger partial charge in [0.05, 0.1) is 6.10 Å². The van der Waals surface area contributed by atoms with E-state index < -0.39 is 6.10 Å². The van der Waals surface area contributed by atoms with Crippen LogP contribution in [0.25, 0.3) is 0 Å². The molecule has 126 valence electrons. The molecule has 1 saturated carbocycles. The molecule has 0 aromatic rings. The number of aliphatic hydroxyl groups excluding tert-OH is 1. The second kappa shape index (κ2) is 8.96. The minimum Gasteiger partial charge on any atom is -0.391 e. The summed E-state index contributed by atoms with van der Waals surface area (Å²) in [7, 11) is 0. The Balaban J connectivity index is 0.00000400. The predicted octanol–water partition coefficient (Wildman–Crippen LogP) is 2.62. The molecule has 0 saturated heterocycles. The summed E-state index contributed by atoms with van der Waals surface area (Å²) in [5.41, 5.74) is 5.97. The third-order valence-corrected chi connectivity index (χ3v) is 4.27. The van der Waals surface area contributed by atoms with Gasteiger partial charge < -0.3 is 16.2 Å². The molecule has 1 aliphatic carbocycles. The Morgan fingerprint density at radius 2 is 1.86 bits per heavy atom. The van der Waals surface area contributed by atoms with E-state index in [0.29, 0.717) is 25.9 Å². The summed E-state index contributed by atoms with van der Waals surface area (Å²) < 4.78 is 0. The topological polar surface area (TPSA) is 75.3 Å². The van der Waals surface area contributed by atoms with E-state index in [1.165, 1.54) is 19.3 Å². The molecule has 1 fully saturated rings. The fourth-order valence-corrected chi connectivity index (χ4v) is 3.17.